The van der Waals surface area contributed by atoms with Crippen molar-refractivity contribution in [2.24, 2.45) is 0 Å². The number of aromatic nitrogens is 1. The van der Waals surface area contributed by atoms with Gasteiger partial charge < -0.3 is 29.7 Å². The Kier molecular flexibility index (Phi) is 4.79. The molecule has 5 unspecified atom stereocenters. The van der Waals surface area contributed by atoms with Crippen molar-refractivity contribution in [3.63, 3.8) is 0 Å². The molecule has 0 saturated carbocycles. The van der Waals surface area contributed by atoms with E-state index in [0.29, 0.717) is 12.1 Å². The Labute approximate surface area is 134 Å². The molecule has 0 radical (unpaired) electrons. The van der Waals surface area contributed by atoms with E-state index in [2.05, 4.69) is 0 Å². The second-order valence-electron chi connectivity index (χ2n) is 5.85. The molecule has 4 N–H and O–H groups in total. The van der Waals surface area contributed by atoms with Crippen LogP contribution in [0.5, 0.6) is 0 Å². The van der Waals surface area contributed by atoms with Gasteiger partial charge in [0.05, 0.1) is 6.61 Å². The van der Waals surface area contributed by atoms with Gasteiger partial charge in [-0.3, -0.25) is 0 Å². The summed E-state index contributed by atoms with van der Waals surface area (Å²) in [5.74, 6) is 0. The quantitative estimate of drug-likeness (QED) is 0.639. The number of hydrogen-bond donors (Lipinski definition) is 4. The first-order chi connectivity index (χ1) is 11.1. The summed E-state index contributed by atoms with van der Waals surface area (Å²) in [6, 6.07) is 11.4. The van der Waals surface area contributed by atoms with Crippen LogP contribution in [-0.2, 0) is 11.3 Å². The number of nitrogens with zero attached hydrogens (tertiary/aromatic N) is 1. The molecular formula is C17H21NO5. The molecule has 3 rings (SSSR count). The summed E-state index contributed by atoms with van der Waals surface area (Å²) in [6.07, 6.45) is -1.73. The summed E-state index contributed by atoms with van der Waals surface area (Å²) >= 11 is 0. The van der Waals surface area contributed by atoms with Crippen LogP contribution in [0.4, 0.5) is 0 Å². The molecule has 0 spiro atoms. The molecule has 1 aliphatic heterocycles. The minimum Gasteiger partial charge on any atom is -0.394 e. The standard InChI is InChI=1S/C17H21NO5/c19-10-13-14(20)15(21)16(22)17(23-13)12-5-3-4-11(8-12)9-18-6-1-2-7-18/h1-8,13-17,19-22H,9-10H2. The summed E-state index contributed by atoms with van der Waals surface area (Å²) in [5.41, 5.74) is 1.72. The van der Waals surface area contributed by atoms with Crippen molar-refractivity contribution in [2.75, 3.05) is 6.61 Å². The third kappa shape index (κ3) is 3.31. The summed E-state index contributed by atoms with van der Waals surface area (Å²) in [7, 11) is 0. The summed E-state index contributed by atoms with van der Waals surface area (Å²) in [5, 5.41) is 39.2. The Balaban J connectivity index is 1.82. The van der Waals surface area contributed by atoms with Crippen LogP contribution in [0.25, 0.3) is 0 Å². The van der Waals surface area contributed by atoms with Crippen LogP contribution in [0.1, 0.15) is 17.2 Å². The summed E-state index contributed by atoms with van der Waals surface area (Å²) < 4.78 is 7.61. The van der Waals surface area contributed by atoms with Crippen LogP contribution < -0.4 is 0 Å². The highest BCUT2D eigenvalue weighted by Gasteiger charge is 2.43. The topological polar surface area (TPSA) is 95.1 Å². The van der Waals surface area contributed by atoms with Gasteiger partial charge in [-0.05, 0) is 23.3 Å². The molecule has 1 aromatic carbocycles. The van der Waals surface area contributed by atoms with Gasteiger partial charge in [-0.1, -0.05) is 24.3 Å². The molecule has 5 atom stereocenters. The maximum absolute atomic E-state index is 10.2. The Morgan fingerprint density at radius 3 is 2.39 bits per heavy atom. The molecule has 2 heterocycles. The minimum atomic E-state index is -1.36. The number of rotatable bonds is 4. The van der Waals surface area contributed by atoms with Gasteiger partial charge in [-0.15, -0.1) is 0 Å². The van der Waals surface area contributed by atoms with Gasteiger partial charge in [0.25, 0.3) is 0 Å². The van der Waals surface area contributed by atoms with E-state index in [9.17, 15) is 20.4 Å². The predicted octanol–water partition coefficient (Wildman–Crippen LogP) is 0.0513. The highest BCUT2D eigenvalue weighted by molar-refractivity contribution is 5.27. The van der Waals surface area contributed by atoms with Gasteiger partial charge >= 0.3 is 0 Å². The lowest BCUT2D eigenvalue weighted by atomic mass is 9.90. The maximum atomic E-state index is 10.2. The number of aliphatic hydroxyl groups excluding tert-OH is 4. The van der Waals surface area contributed by atoms with Crippen molar-refractivity contribution in [1.82, 2.24) is 4.57 Å². The van der Waals surface area contributed by atoms with Crippen molar-refractivity contribution >= 4 is 0 Å². The smallest absolute Gasteiger partial charge is 0.113 e. The summed E-state index contributed by atoms with van der Waals surface area (Å²) in [4.78, 5) is 0. The zero-order valence-electron chi connectivity index (χ0n) is 12.6. The Morgan fingerprint density at radius 2 is 1.70 bits per heavy atom. The Morgan fingerprint density at radius 1 is 0.957 bits per heavy atom. The fourth-order valence-corrected chi connectivity index (χ4v) is 2.93. The molecule has 1 aliphatic rings. The highest BCUT2D eigenvalue weighted by atomic mass is 16.5. The molecule has 23 heavy (non-hydrogen) atoms. The SMILES string of the molecule is OCC1OC(c2cccc(Cn3cccc3)c2)C(O)C(O)C1O. The van der Waals surface area contributed by atoms with Gasteiger partial charge in [-0.25, -0.2) is 0 Å². The zero-order chi connectivity index (χ0) is 16.4. The molecular weight excluding hydrogens is 298 g/mol. The van der Waals surface area contributed by atoms with Crippen LogP contribution in [0, 0.1) is 0 Å². The van der Waals surface area contributed by atoms with Crippen LogP contribution in [0.3, 0.4) is 0 Å². The second kappa shape index (κ2) is 6.82. The largest absolute Gasteiger partial charge is 0.394 e. The lowest BCUT2D eigenvalue weighted by molar-refractivity contribution is -0.231. The van der Waals surface area contributed by atoms with Crippen molar-refractivity contribution in [3.05, 3.63) is 59.9 Å². The second-order valence-corrected chi connectivity index (χ2v) is 5.85. The Hall–Kier alpha value is -1.70. The first-order valence-corrected chi connectivity index (χ1v) is 7.60. The molecule has 0 amide bonds. The number of aliphatic hydroxyl groups is 4. The average molecular weight is 319 g/mol. The van der Waals surface area contributed by atoms with E-state index in [1.807, 2.05) is 47.3 Å². The normalized spacial score (nSPS) is 31.2. The molecule has 124 valence electrons. The molecule has 1 aromatic heterocycles. The summed E-state index contributed by atoms with van der Waals surface area (Å²) in [6.45, 7) is 0.253. The highest BCUT2D eigenvalue weighted by Crippen LogP contribution is 2.32. The van der Waals surface area contributed by atoms with Crippen LogP contribution >= 0.6 is 0 Å². The van der Waals surface area contributed by atoms with E-state index < -0.39 is 37.1 Å². The molecule has 1 fully saturated rings. The first-order valence-electron chi connectivity index (χ1n) is 7.60. The molecule has 2 aromatic rings. The van der Waals surface area contributed by atoms with E-state index in [0.717, 1.165) is 5.56 Å². The molecule has 6 heteroatoms. The van der Waals surface area contributed by atoms with E-state index in [1.165, 1.54) is 0 Å². The maximum Gasteiger partial charge on any atom is 0.113 e. The lowest BCUT2D eigenvalue weighted by Gasteiger charge is -2.40. The van der Waals surface area contributed by atoms with Gasteiger partial charge in [-0.2, -0.15) is 0 Å². The fourth-order valence-electron chi connectivity index (χ4n) is 2.93. The van der Waals surface area contributed by atoms with Gasteiger partial charge in [0, 0.05) is 18.9 Å². The number of hydrogen-bond acceptors (Lipinski definition) is 5. The monoisotopic (exact) mass is 319 g/mol. The third-order valence-electron chi connectivity index (χ3n) is 4.20. The zero-order valence-corrected chi connectivity index (χ0v) is 12.6. The third-order valence-corrected chi connectivity index (χ3v) is 4.20. The predicted molar refractivity (Wildman–Crippen MR) is 82.7 cm³/mol. The average Bonchev–Trinajstić information content (AvgIpc) is 3.06. The van der Waals surface area contributed by atoms with Crippen molar-refractivity contribution in [2.45, 2.75) is 37.1 Å². The van der Waals surface area contributed by atoms with Crippen LogP contribution in [0.2, 0.25) is 0 Å². The van der Waals surface area contributed by atoms with Gasteiger partial charge in [0.2, 0.25) is 0 Å². The van der Waals surface area contributed by atoms with Crippen LogP contribution in [0.15, 0.2) is 48.8 Å². The van der Waals surface area contributed by atoms with Gasteiger partial charge in [0.15, 0.2) is 0 Å². The van der Waals surface area contributed by atoms with Crippen molar-refractivity contribution < 1.29 is 25.2 Å². The minimum absolute atomic E-state index is 0.426. The van der Waals surface area contributed by atoms with Gasteiger partial charge in [0.1, 0.15) is 30.5 Å². The number of benzene rings is 1. The number of ether oxygens (including phenoxy) is 1. The Bertz CT molecular complexity index is 628. The first kappa shape index (κ1) is 16.2. The fraction of sp³-hybridized carbons (Fsp3) is 0.412. The van der Waals surface area contributed by atoms with Crippen molar-refractivity contribution in [3.8, 4) is 0 Å². The van der Waals surface area contributed by atoms with Crippen LogP contribution in [-0.4, -0.2) is 56.0 Å². The lowest BCUT2D eigenvalue weighted by Crippen LogP contribution is -2.55. The molecule has 0 bridgehead atoms. The van der Waals surface area contributed by atoms with E-state index in [-0.39, 0.29) is 0 Å². The van der Waals surface area contributed by atoms with E-state index >= 15 is 0 Å². The van der Waals surface area contributed by atoms with E-state index in [1.54, 1.807) is 6.07 Å². The molecule has 1 saturated heterocycles. The molecule has 6 nitrogen and oxygen atoms in total. The van der Waals surface area contributed by atoms with Crippen molar-refractivity contribution in [1.29, 1.82) is 0 Å². The molecule has 0 aliphatic carbocycles. The van der Waals surface area contributed by atoms with E-state index in [4.69, 9.17) is 4.74 Å².